The van der Waals surface area contributed by atoms with Crippen LogP contribution in [0.3, 0.4) is 0 Å². The van der Waals surface area contributed by atoms with Crippen LogP contribution in [-0.2, 0) is 0 Å². The predicted molar refractivity (Wildman–Crippen MR) is 60.1 cm³/mol. The van der Waals surface area contributed by atoms with Crippen LogP contribution in [0.4, 0.5) is 8.78 Å². The van der Waals surface area contributed by atoms with Gasteiger partial charge in [-0.05, 0) is 36.6 Å². The maximum absolute atomic E-state index is 13.1. The molecule has 1 aromatic carbocycles. The van der Waals surface area contributed by atoms with E-state index in [4.69, 9.17) is 0 Å². The Kier molecular flexibility index (Phi) is 3.54. The summed E-state index contributed by atoms with van der Waals surface area (Å²) in [6, 6.07) is 4.36. The van der Waals surface area contributed by atoms with Crippen molar-refractivity contribution in [3.05, 3.63) is 35.4 Å². The zero-order valence-corrected chi connectivity index (χ0v) is 9.47. The Morgan fingerprint density at radius 1 is 1.31 bits per heavy atom. The molecule has 88 valence electrons. The van der Waals surface area contributed by atoms with Crippen LogP contribution >= 0.6 is 0 Å². The molecular weight excluding hydrogens is 208 g/mol. The van der Waals surface area contributed by atoms with Crippen molar-refractivity contribution in [3.8, 4) is 0 Å². The lowest BCUT2D eigenvalue weighted by molar-refractivity contribution is 0.472. The van der Waals surface area contributed by atoms with Gasteiger partial charge >= 0.3 is 0 Å². The summed E-state index contributed by atoms with van der Waals surface area (Å²) in [4.78, 5) is 0. The number of hydrogen-bond acceptors (Lipinski definition) is 1. The van der Waals surface area contributed by atoms with Crippen LogP contribution < -0.4 is 5.32 Å². The maximum atomic E-state index is 13.1. The third-order valence-corrected chi connectivity index (χ3v) is 3.06. The minimum absolute atomic E-state index is 0.160. The lowest BCUT2D eigenvalue weighted by atomic mass is 10.0. The van der Waals surface area contributed by atoms with Gasteiger partial charge in [-0.25, -0.2) is 8.78 Å². The van der Waals surface area contributed by atoms with Gasteiger partial charge < -0.3 is 5.32 Å². The average molecular weight is 225 g/mol. The zero-order chi connectivity index (χ0) is 11.5. The van der Waals surface area contributed by atoms with Crippen molar-refractivity contribution in [1.82, 2.24) is 5.32 Å². The summed E-state index contributed by atoms with van der Waals surface area (Å²) in [5.74, 6) is -0.765. The third kappa shape index (κ3) is 2.79. The third-order valence-electron chi connectivity index (χ3n) is 3.06. The first-order valence-electron chi connectivity index (χ1n) is 5.89. The Hall–Kier alpha value is -0.960. The fourth-order valence-corrected chi connectivity index (χ4v) is 2.00. The highest BCUT2D eigenvalue weighted by Gasteiger charge is 2.26. The van der Waals surface area contributed by atoms with Gasteiger partial charge in [0.2, 0.25) is 0 Å². The number of benzene rings is 1. The summed E-state index contributed by atoms with van der Waals surface area (Å²) in [5, 5.41) is 3.33. The lowest BCUT2D eigenvalue weighted by Gasteiger charge is -2.18. The molecule has 0 aliphatic heterocycles. The van der Waals surface area contributed by atoms with Crippen molar-refractivity contribution in [2.24, 2.45) is 5.92 Å². The summed E-state index contributed by atoms with van der Waals surface area (Å²) in [5.41, 5.74) is 0.854. The Morgan fingerprint density at radius 3 is 2.62 bits per heavy atom. The van der Waals surface area contributed by atoms with Crippen molar-refractivity contribution >= 4 is 0 Å². The van der Waals surface area contributed by atoms with E-state index in [1.54, 1.807) is 6.07 Å². The molecule has 1 N–H and O–H groups in total. The van der Waals surface area contributed by atoms with Gasteiger partial charge in [0.1, 0.15) is 0 Å². The van der Waals surface area contributed by atoms with E-state index < -0.39 is 11.6 Å². The number of halogens is 2. The number of hydrogen-bond donors (Lipinski definition) is 1. The summed E-state index contributed by atoms with van der Waals surface area (Å²) in [7, 11) is 0. The van der Waals surface area contributed by atoms with E-state index in [9.17, 15) is 8.78 Å². The second-order valence-electron chi connectivity index (χ2n) is 4.46. The van der Waals surface area contributed by atoms with E-state index in [2.05, 4.69) is 5.32 Å². The highest BCUT2D eigenvalue weighted by Crippen LogP contribution is 2.37. The Labute approximate surface area is 94.9 Å². The van der Waals surface area contributed by atoms with E-state index in [1.165, 1.54) is 25.0 Å². The molecule has 1 atom stereocenters. The number of rotatable bonds is 5. The molecule has 1 saturated carbocycles. The second-order valence-corrected chi connectivity index (χ2v) is 4.46. The fraction of sp³-hybridized carbons (Fsp3) is 0.538. The van der Waals surface area contributed by atoms with Gasteiger partial charge in [0.05, 0.1) is 0 Å². The normalized spacial score (nSPS) is 17.4. The molecule has 0 aromatic heterocycles. The molecule has 0 spiro atoms. The molecule has 3 heteroatoms. The Morgan fingerprint density at radius 2 is 2.06 bits per heavy atom. The van der Waals surface area contributed by atoms with Gasteiger partial charge in [0.15, 0.2) is 11.6 Å². The standard InChI is InChI=1S/C13H17F2N/c1-2-16-13(7-9-3-4-9)10-5-6-11(14)12(15)8-10/h5-6,8-9,13,16H,2-4,7H2,1H3. The molecule has 1 fully saturated rings. The van der Waals surface area contributed by atoms with Crippen molar-refractivity contribution in [1.29, 1.82) is 0 Å². The summed E-state index contributed by atoms with van der Waals surface area (Å²) in [6.45, 7) is 2.87. The monoisotopic (exact) mass is 225 g/mol. The van der Waals surface area contributed by atoms with Gasteiger partial charge in [-0.2, -0.15) is 0 Å². The van der Waals surface area contributed by atoms with Gasteiger partial charge in [-0.1, -0.05) is 25.8 Å². The molecular formula is C13H17F2N. The van der Waals surface area contributed by atoms with Crippen molar-refractivity contribution in [3.63, 3.8) is 0 Å². The maximum Gasteiger partial charge on any atom is 0.159 e. The van der Waals surface area contributed by atoms with Gasteiger partial charge in [-0.15, -0.1) is 0 Å². The van der Waals surface area contributed by atoms with Crippen LogP contribution in [0.25, 0.3) is 0 Å². The molecule has 1 aliphatic carbocycles. The molecule has 2 rings (SSSR count). The van der Waals surface area contributed by atoms with E-state index >= 15 is 0 Å². The number of nitrogens with one attached hydrogen (secondary N) is 1. The molecule has 1 aliphatic rings. The molecule has 16 heavy (non-hydrogen) atoms. The van der Waals surface area contributed by atoms with E-state index in [0.29, 0.717) is 0 Å². The van der Waals surface area contributed by atoms with Crippen LogP contribution in [0.5, 0.6) is 0 Å². The summed E-state index contributed by atoms with van der Waals surface area (Å²) < 4.78 is 26.0. The first-order valence-corrected chi connectivity index (χ1v) is 5.89. The zero-order valence-electron chi connectivity index (χ0n) is 9.47. The van der Waals surface area contributed by atoms with Crippen LogP contribution in [0.2, 0.25) is 0 Å². The van der Waals surface area contributed by atoms with Crippen LogP contribution in [0, 0.1) is 17.6 Å². The van der Waals surface area contributed by atoms with E-state index in [-0.39, 0.29) is 6.04 Å². The van der Waals surface area contributed by atoms with Gasteiger partial charge in [0.25, 0.3) is 0 Å². The molecule has 0 bridgehead atoms. The Bertz CT molecular complexity index is 361. The van der Waals surface area contributed by atoms with Crippen molar-refractivity contribution in [2.45, 2.75) is 32.2 Å². The summed E-state index contributed by atoms with van der Waals surface area (Å²) in [6.07, 6.45) is 3.57. The molecule has 1 nitrogen and oxygen atoms in total. The first kappa shape index (κ1) is 11.5. The fourth-order valence-electron chi connectivity index (χ4n) is 2.00. The summed E-state index contributed by atoms with van der Waals surface area (Å²) >= 11 is 0. The minimum atomic E-state index is -0.773. The van der Waals surface area contributed by atoms with Crippen molar-refractivity contribution in [2.75, 3.05) is 6.54 Å². The second kappa shape index (κ2) is 4.91. The molecule has 0 amide bonds. The SMILES string of the molecule is CCNC(CC1CC1)c1ccc(F)c(F)c1. The predicted octanol–water partition coefficient (Wildman–Crippen LogP) is 3.42. The first-order chi connectivity index (χ1) is 7.70. The molecule has 0 saturated heterocycles. The van der Waals surface area contributed by atoms with Crippen LogP contribution in [-0.4, -0.2) is 6.54 Å². The highest BCUT2D eigenvalue weighted by molar-refractivity contribution is 5.21. The van der Waals surface area contributed by atoms with E-state index in [0.717, 1.165) is 24.4 Å². The molecule has 0 radical (unpaired) electrons. The molecule has 0 heterocycles. The molecule has 1 aromatic rings. The lowest BCUT2D eigenvalue weighted by Crippen LogP contribution is -2.21. The van der Waals surface area contributed by atoms with Crippen LogP contribution in [0.1, 0.15) is 37.8 Å². The Balaban J connectivity index is 2.12. The van der Waals surface area contributed by atoms with E-state index in [1.807, 2.05) is 6.92 Å². The molecule has 1 unspecified atom stereocenters. The minimum Gasteiger partial charge on any atom is -0.310 e. The largest absolute Gasteiger partial charge is 0.310 e. The van der Waals surface area contributed by atoms with Crippen LogP contribution in [0.15, 0.2) is 18.2 Å². The smallest absolute Gasteiger partial charge is 0.159 e. The van der Waals surface area contributed by atoms with Crippen molar-refractivity contribution < 1.29 is 8.78 Å². The highest BCUT2D eigenvalue weighted by atomic mass is 19.2. The van der Waals surface area contributed by atoms with Gasteiger partial charge in [0, 0.05) is 6.04 Å². The van der Waals surface area contributed by atoms with Gasteiger partial charge in [-0.3, -0.25) is 0 Å². The average Bonchev–Trinajstić information content (AvgIpc) is 3.05. The topological polar surface area (TPSA) is 12.0 Å². The quantitative estimate of drug-likeness (QED) is 0.809.